The normalized spacial score (nSPS) is 12.3. The number of hydrogen-bond donors (Lipinski definition) is 1. The lowest BCUT2D eigenvalue weighted by molar-refractivity contribution is -0.121. The maximum atomic E-state index is 12.2. The molecule has 0 fully saturated rings. The smallest absolute Gasteiger partial charge is 0.224 e. The van der Waals surface area contributed by atoms with Crippen LogP contribution in [0.4, 0.5) is 0 Å². The van der Waals surface area contributed by atoms with E-state index in [0.717, 1.165) is 12.0 Å². The zero-order valence-corrected chi connectivity index (χ0v) is 12.8. The largest absolute Gasteiger partial charge is 0.348 e. The Bertz CT molecular complexity index is 519. The fourth-order valence-corrected chi connectivity index (χ4v) is 3.02. The second kappa shape index (κ2) is 7.25. The van der Waals surface area contributed by atoms with Crippen molar-refractivity contribution in [3.8, 4) is 0 Å². The monoisotopic (exact) mass is 287 g/mol. The van der Waals surface area contributed by atoms with Gasteiger partial charge >= 0.3 is 0 Å². The highest BCUT2D eigenvalue weighted by atomic mass is 32.1. The molecule has 2 nitrogen and oxygen atoms in total. The van der Waals surface area contributed by atoms with Crippen LogP contribution >= 0.6 is 11.3 Å². The van der Waals surface area contributed by atoms with Crippen molar-refractivity contribution in [2.45, 2.75) is 32.7 Å². The highest BCUT2D eigenvalue weighted by Crippen LogP contribution is 2.25. The summed E-state index contributed by atoms with van der Waals surface area (Å²) in [5, 5.41) is 5.23. The number of benzene rings is 1. The molecule has 1 aromatic heterocycles. The van der Waals surface area contributed by atoms with Crippen molar-refractivity contribution in [3.63, 3.8) is 0 Å². The first-order chi connectivity index (χ1) is 9.65. The molecule has 0 spiro atoms. The SMILES string of the molecule is CC(C)CC(NC(=O)Cc1ccccc1)c1cccs1. The molecule has 0 aliphatic carbocycles. The molecule has 0 saturated carbocycles. The summed E-state index contributed by atoms with van der Waals surface area (Å²) in [5.41, 5.74) is 1.06. The summed E-state index contributed by atoms with van der Waals surface area (Å²) < 4.78 is 0. The first-order valence-corrected chi connectivity index (χ1v) is 7.90. The Morgan fingerprint density at radius 1 is 1.15 bits per heavy atom. The Balaban J connectivity index is 1.99. The Labute approximate surface area is 124 Å². The van der Waals surface area contributed by atoms with Gasteiger partial charge in [-0.25, -0.2) is 0 Å². The Morgan fingerprint density at radius 2 is 1.90 bits per heavy atom. The number of thiophene rings is 1. The molecule has 20 heavy (non-hydrogen) atoms. The molecule has 2 rings (SSSR count). The minimum Gasteiger partial charge on any atom is -0.348 e. The quantitative estimate of drug-likeness (QED) is 0.848. The lowest BCUT2D eigenvalue weighted by Crippen LogP contribution is -2.30. The van der Waals surface area contributed by atoms with Crippen LogP contribution in [0.2, 0.25) is 0 Å². The van der Waals surface area contributed by atoms with Crippen molar-refractivity contribution in [1.29, 1.82) is 0 Å². The third-order valence-corrected chi connectivity index (χ3v) is 4.12. The van der Waals surface area contributed by atoms with Crippen molar-refractivity contribution in [1.82, 2.24) is 5.32 Å². The van der Waals surface area contributed by atoms with Gasteiger partial charge in [0.15, 0.2) is 0 Å². The molecule has 1 aromatic carbocycles. The highest BCUT2D eigenvalue weighted by Gasteiger charge is 2.17. The van der Waals surface area contributed by atoms with Gasteiger partial charge in [-0.05, 0) is 29.3 Å². The fraction of sp³-hybridized carbons (Fsp3) is 0.353. The van der Waals surface area contributed by atoms with E-state index in [0.29, 0.717) is 12.3 Å². The second-order valence-electron chi connectivity index (χ2n) is 5.43. The maximum Gasteiger partial charge on any atom is 0.224 e. The van der Waals surface area contributed by atoms with Crippen molar-refractivity contribution < 1.29 is 4.79 Å². The van der Waals surface area contributed by atoms with E-state index in [4.69, 9.17) is 0 Å². The minimum absolute atomic E-state index is 0.0928. The summed E-state index contributed by atoms with van der Waals surface area (Å²) in [7, 11) is 0. The lowest BCUT2D eigenvalue weighted by atomic mass is 10.0. The third kappa shape index (κ3) is 4.49. The first kappa shape index (κ1) is 14.8. The summed E-state index contributed by atoms with van der Waals surface area (Å²) >= 11 is 1.71. The molecule has 0 saturated heterocycles. The number of rotatable bonds is 6. The fourth-order valence-electron chi connectivity index (χ4n) is 2.23. The van der Waals surface area contributed by atoms with Gasteiger partial charge in [0.2, 0.25) is 5.91 Å². The summed E-state index contributed by atoms with van der Waals surface area (Å²) in [6.07, 6.45) is 1.42. The molecule has 1 atom stereocenters. The average Bonchev–Trinajstić information content (AvgIpc) is 2.92. The van der Waals surface area contributed by atoms with E-state index < -0.39 is 0 Å². The minimum atomic E-state index is 0.0928. The van der Waals surface area contributed by atoms with Crippen molar-refractivity contribution in [2.24, 2.45) is 5.92 Å². The zero-order valence-electron chi connectivity index (χ0n) is 12.0. The van der Waals surface area contributed by atoms with Crippen LogP contribution in [-0.4, -0.2) is 5.91 Å². The molecule has 1 amide bonds. The predicted octanol–water partition coefficient (Wildman–Crippen LogP) is 4.19. The summed E-state index contributed by atoms with van der Waals surface area (Å²) in [5.74, 6) is 0.648. The molecule has 106 valence electrons. The van der Waals surface area contributed by atoms with Crippen LogP contribution in [0.5, 0.6) is 0 Å². The van der Waals surface area contributed by atoms with E-state index in [1.165, 1.54) is 4.88 Å². The lowest BCUT2D eigenvalue weighted by Gasteiger charge is -2.19. The van der Waals surface area contributed by atoms with Gasteiger partial charge < -0.3 is 5.32 Å². The predicted molar refractivity (Wildman–Crippen MR) is 84.8 cm³/mol. The van der Waals surface area contributed by atoms with E-state index in [9.17, 15) is 4.79 Å². The Kier molecular flexibility index (Phi) is 5.36. The van der Waals surface area contributed by atoms with Gasteiger partial charge in [0.1, 0.15) is 0 Å². The van der Waals surface area contributed by atoms with Gasteiger partial charge in [-0.15, -0.1) is 11.3 Å². The van der Waals surface area contributed by atoms with E-state index in [1.54, 1.807) is 11.3 Å². The average molecular weight is 287 g/mol. The van der Waals surface area contributed by atoms with E-state index in [-0.39, 0.29) is 11.9 Å². The number of amides is 1. The number of carbonyl (C=O) groups excluding carboxylic acids is 1. The molecule has 3 heteroatoms. The molecule has 0 aliphatic heterocycles. The Morgan fingerprint density at radius 3 is 2.50 bits per heavy atom. The van der Waals surface area contributed by atoms with Crippen LogP contribution in [0.15, 0.2) is 47.8 Å². The van der Waals surface area contributed by atoms with Crippen molar-refractivity contribution in [3.05, 3.63) is 58.3 Å². The van der Waals surface area contributed by atoms with Crippen molar-refractivity contribution >= 4 is 17.2 Å². The topological polar surface area (TPSA) is 29.1 Å². The van der Waals surface area contributed by atoms with Gasteiger partial charge in [-0.3, -0.25) is 4.79 Å². The van der Waals surface area contributed by atoms with Crippen LogP contribution in [0, 0.1) is 5.92 Å². The first-order valence-electron chi connectivity index (χ1n) is 7.02. The summed E-state index contributed by atoms with van der Waals surface area (Å²) in [6, 6.07) is 14.1. The van der Waals surface area contributed by atoms with Crippen LogP contribution < -0.4 is 5.32 Å². The van der Waals surface area contributed by atoms with E-state index >= 15 is 0 Å². The van der Waals surface area contributed by atoms with Crippen LogP contribution in [-0.2, 0) is 11.2 Å². The number of nitrogens with one attached hydrogen (secondary N) is 1. The number of hydrogen-bond acceptors (Lipinski definition) is 2. The van der Waals surface area contributed by atoms with Gasteiger partial charge in [-0.2, -0.15) is 0 Å². The van der Waals surface area contributed by atoms with E-state index in [2.05, 4.69) is 30.6 Å². The molecular weight excluding hydrogens is 266 g/mol. The molecule has 2 aromatic rings. The van der Waals surface area contributed by atoms with Crippen LogP contribution in [0.3, 0.4) is 0 Å². The molecule has 0 bridgehead atoms. The van der Waals surface area contributed by atoms with Gasteiger partial charge in [0, 0.05) is 4.88 Å². The molecule has 1 heterocycles. The molecule has 1 N–H and O–H groups in total. The molecular formula is C17H21NOS. The summed E-state index contributed by atoms with van der Waals surface area (Å²) in [4.78, 5) is 13.4. The molecule has 0 radical (unpaired) electrons. The standard InChI is InChI=1S/C17H21NOS/c1-13(2)11-15(16-9-6-10-20-16)18-17(19)12-14-7-4-3-5-8-14/h3-10,13,15H,11-12H2,1-2H3,(H,18,19). The molecule has 0 aliphatic rings. The summed E-state index contributed by atoms with van der Waals surface area (Å²) in [6.45, 7) is 4.37. The highest BCUT2D eigenvalue weighted by molar-refractivity contribution is 7.10. The van der Waals surface area contributed by atoms with Crippen molar-refractivity contribution in [2.75, 3.05) is 0 Å². The van der Waals surface area contributed by atoms with Crippen LogP contribution in [0.1, 0.15) is 36.8 Å². The maximum absolute atomic E-state index is 12.2. The van der Waals surface area contributed by atoms with Gasteiger partial charge in [-0.1, -0.05) is 50.2 Å². The second-order valence-corrected chi connectivity index (χ2v) is 6.41. The number of carbonyl (C=O) groups is 1. The molecule has 1 unspecified atom stereocenters. The van der Waals surface area contributed by atoms with Gasteiger partial charge in [0.25, 0.3) is 0 Å². The zero-order chi connectivity index (χ0) is 14.4. The third-order valence-electron chi connectivity index (χ3n) is 3.14. The van der Waals surface area contributed by atoms with E-state index in [1.807, 2.05) is 36.4 Å². The van der Waals surface area contributed by atoms with Crippen LogP contribution in [0.25, 0.3) is 0 Å². The van der Waals surface area contributed by atoms with Gasteiger partial charge in [0.05, 0.1) is 12.5 Å². The Hall–Kier alpha value is -1.61.